The summed E-state index contributed by atoms with van der Waals surface area (Å²) in [4.78, 5) is 37.8. The van der Waals surface area contributed by atoms with Crippen LogP contribution in [0, 0.1) is 6.92 Å². The van der Waals surface area contributed by atoms with Gasteiger partial charge in [-0.15, -0.1) is 0 Å². The van der Waals surface area contributed by atoms with Crippen LogP contribution >= 0.6 is 0 Å². The van der Waals surface area contributed by atoms with Crippen molar-refractivity contribution < 1.29 is 19.1 Å². The molecule has 7 heteroatoms. The highest BCUT2D eigenvalue weighted by Gasteiger charge is 2.29. The predicted octanol–water partition coefficient (Wildman–Crippen LogP) is 0.505. The number of aryl methyl sites for hydroxylation is 1. The molecule has 0 saturated carbocycles. The fraction of sp³-hybridized carbons (Fsp3) is 0.471. The van der Waals surface area contributed by atoms with Gasteiger partial charge in [-0.1, -0.05) is 6.07 Å². The first kappa shape index (κ1) is 16.3. The lowest BCUT2D eigenvalue weighted by Gasteiger charge is -2.29. The second kappa shape index (κ2) is 6.90. The SMILES string of the molecule is Cc1ccc2c(c1)OCC(=O)N2CC(=O)NC1CCCCNC1=O. The molecule has 1 saturated heterocycles. The highest BCUT2D eigenvalue weighted by atomic mass is 16.5. The topological polar surface area (TPSA) is 87.7 Å². The van der Waals surface area contributed by atoms with Crippen LogP contribution in [0.3, 0.4) is 0 Å². The monoisotopic (exact) mass is 331 g/mol. The van der Waals surface area contributed by atoms with Gasteiger partial charge in [-0.3, -0.25) is 19.3 Å². The molecule has 2 aliphatic rings. The molecule has 3 amide bonds. The molecular formula is C17H21N3O4. The van der Waals surface area contributed by atoms with Crippen LogP contribution < -0.4 is 20.3 Å². The van der Waals surface area contributed by atoms with Crippen LogP contribution in [0.4, 0.5) is 5.69 Å². The maximum atomic E-state index is 12.3. The van der Waals surface area contributed by atoms with Gasteiger partial charge in [0.15, 0.2) is 6.61 Å². The summed E-state index contributed by atoms with van der Waals surface area (Å²) in [7, 11) is 0. The molecule has 0 bridgehead atoms. The van der Waals surface area contributed by atoms with E-state index >= 15 is 0 Å². The van der Waals surface area contributed by atoms with Gasteiger partial charge in [0.2, 0.25) is 11.8 Å². The molecule has 3 rings (SSSR count). The minimum absolute atomic E-state index is 0.0896. The van der Waals surface area contributed by atoms with Crippen molar-refractivity contribution in [2.45, 2.75) is 32.2 Å². The van der Waals surface area contributed by atoms with Crippen molar-refractivity contribution in [3.63, 3.8) is 0 Å². The van der Waals surface area contributed by atoms with Crippen LogP contribution in [0.1, 0.15) is 24.8 Å². The van der Waals surface area contributed by atoms with Gasteiger partial charge in [0.05, 0.1) is 5.69 Å². The maximum Gasteiger partial charge on any atom is 0.265 e. The third-order valence-corrected chi connectivity index (χ3v) is 4.23. The molecule has 0 spiro atoms. The Bertz CT molecular complexity index is 674. The molecule has 0 aliphatic carbocycles. The Kier molecular flexibility index (Phi) is 4.69. The first-order valence-corrected chi connectivity index (χ1v) is 8.15. The van der Waals surface area contributed by atoms with Gasteiger partial charge < -0.3 is 15.4 Å². The molecule has 2 heterocycles. The zero-order chi connectivity index (χ0) is 17.1. The highest BCUT2D eigenvalue weighted by molar-refractivity contribution is 6.02. The molecule has 2 aliphatic heterocycles. The molecule has 128 valence electrons. The first-order chi connectivity index (χ1) is 11.5. The predicted molar refractivity (Wildman–Crippen MR) is 87.8 cm³/mol. The van der Waals surface area contributed by atoms with E-state index in [1.807, 2.05) is 19.1 Å². The molecular weight excluding hydrogens is 310 g/mol. The molecule has 1 atom stereocenters. The summed E-state index contributed by atoms with van der Waals surface area (Å²) in [6.45, 7) is 2.36. The van der Waals surface area contributed by atoms with Crippen molar-refractivity contribution in [2.24, 2.45) is 0 Å². The van der Waals surface area contributed by atoms with Gasteiger partial charge in [0.25, 0.3) is 5.91 Å². The van der Waals surface area contributed by atoms with E-state index < -0.39 is 6.04 Å². The minimum Gasteiger partial charge on any atom is -0.482 e. The van der Waals surface area contributed by atoms with E-state index in [9.17, 15) is 14.4 Å². The van der Waals surface area contributed by atoms with E-state index in [0.29, 0.717) is 24.4 Å². The van der Waals surface area contributed by atoms with Crippen LogP contribution in [-0.2, 0) is 14.4 Å². The Balaban J connectivity index is 1.70. The van der Waals surface area contributed by atoms with Crippen LogP contribution in [0.25, 0.3) is 0 Å². The van der Waals surface area contributed by atoms with Crippen molar-refractivity contribution in [3.05, 3.63) is 23.8 Å². The molecule has 1 unspecified atom stereocenters. The summed E-state index contributed by atoms with van der Waals surface area (Å²) in [6.07, 6.45) is 2.40. The Morgan fingerprint density at radius 3 is 3.04 bits per heavy atom. The number of carbonyl (C=O) groups excluding carboxylic acids is 3. The fourth-order valence-corrected chi connectivity index (χ4v) is 2.95. The van der Waals surface area contributed by atoms with Crippen LogP contribution in [0.15, 0.2) is 18.2 Å². The van der Waals surface area contributed by atoms with Gasteiger partial charge >= 0.3 is 0 Å². The van der Waals surface area contributed by atoms with Gasteiger partial charge in [0.1, 0.15) is 18.3 Å². The average molecular weight is 331 g/mol. The van der Waals surface area contributed by atoms with Crippen LogP contribution in [0.2, 0.25) is 0 Å². The largest absolute Gasteiger partial charge is 0.482 e. The number of nitrogens with one attached hydrogen (secondary N) is 2. The standard InChI is InChI=1S/C17H21N3O4/c1-11-5-6-13-14(8-11)24-10-16(22)20(13)9-15(21)19-12-4-2-3-7-18-17(12)23/h5-6,8,12H,2-4,7,9-10H2,1H3,(H,18,23)(H,19,21). The van der Waals surface area contributed by atoms with Gasteiger partial charge in [-0.05, 0) is 43.9 Å². The van der Waals surface area contributed by atoms with Gasteiger partial charge in [-0.25, -0.2) is 0 Å². The minimum atomic E-state index is -0.534. The average Bonchev–Trinajstić information content (AvgIpc) is 2.75. The molecule has 7 nitrogen and oxygen atoms in total. The zero-order valence-corrected chi connectivity index (χ0v) is 13.6. The molecule has 24 heavy (non-hydrogen) atoms. The number of amides is 3. The number of ether oxygens (including phenoxy) is 1. The van der Waals surface area contributed by atoms with E-state index in [2.05, 4.69) is 10.6 Å². The third-order valence-electron chi connectivity index (χ3n) is 4.23. The summed E-state index contributed by atoms with van der Waals surface area (Å²) in [5, 5.41) is 5.51. The first-order valence-electron chi connectivity index (χ1n) is 8.15. The number of anilines is 1. The van der Waals surface area contributed by atoms with Crippen molar-refractivity contribution in [3.8, 4) is 5.75 Å². The van der Waals surface area contributed by atoms with E-state index in [1.54, 1.807) is 6.07 Å². The van der Waals surface area contributed by atoms with E-state index in [-0.39, 0.29) is 30.9 Å². The number of hydrogen-bond acceptors (Lipinski definition) is 4. The van der Waals surface area contributed by atoms with E-state index in [0.717, 1.165) is 18.4 Å². The Hall–Kier alpha value is -2.57. The maximum absolute atomic E-state index is 12.3. The number of benzene rings is 1. The number of hydrogen-bond donors (Lipinski definition) is 2. The number of fused-ring (bicyclic) bond motifs is 1. The van der Waals surface area contributed by atoms with Crippen LogP contribution in [0.5, 0.6) is 5.75 Å². The van der Waals surface area contributed by atoms with Crippen LogP contribution in [-0.4, -0.2) is 43.5 Å². The smallest absolute Gasteiger partial charge is 0.265 e. The summed E-state index contributed by atoms with van der Waals surface area (Å²) in [5.74, 6) is -0.189. The molecule has 0 radical (unpaired) electrons. The lowest BCUT2D eigenvalue weighted by molar-refractivity contribution is -0.129. The van der Waals surface area contributed by atoms with E-state index in [4.69, 9.17) is 4.74 Å². The fourth-order valence-electron chi connectivity index (χ4n) is 2.95. The molecule has 2 N–H and O–H groups in total. The Morgan fingerprint density at radius 1 is 1.38 bits per heavy atom. The second-order valence-electron chi connectivity index (χ2n) is 6.15. The van der Waals surface area contributed by atoms with E-state index in [1.165, 1.54) is 4.90 Å². The number of rotatable bonds is 3. The Labute approximate surface area is 140 Å². The molecule has 1 fully saturated rings. The van der Waals surface area contributed by atoms with Crippen molar-refractivity contribution in [1.29, 1.82) is 0 Å². The number of carbonyl (C=O) groups is 3. The van der Waals surface area contributed by atoms with Crippen molar-refractivity contribution in [1.82, 2.24) is 10.6 Å². The summed E-state index contributed by atoms with van der Waals surface area (Å²) >= 11 is 0. The molecule has 1 aromatic rings. The summed E-state index contributed by atoms with van der Waals surface area (Å²) in [6, 6.07) is 4.94. The second-order valence-corrected chi connectivity index (χ2v) is 6.15. The lowest BCUT2D eigenvalue weighted by atomic mass is 10.1. The quantitative estimate of drug-likeness (QED) is 0.844. The van der Waals surface area contributed by atoms with Gasteiger partial charge in [0, 0.05) is 6.54 Å². The molecule has 1 aromatic carbocycles. The molecule has 0 aromatic heterocycles. The summed E-state index contributed by atoms with van der Waals surface area (Å²) in [5.41, 5.74) is 1.60. The third kappa shape index (κ3) is 3.50. The zero-order valence-electron chi connectivity index (χ0n) is 13.6. The number of nitrogens with zero attached hydrogens (tertiary/aromatic N) is 1. The highest BCUT2D eigenvalue weighted by Crippen LogP contribution is 2.32. The Morgan fingerprint density at radius 2 is 2.21 bits per heavy atom. The van der Waals surface area contributed by atoms with Crippen molar-refractivity contribution in [2.75, 3.05) is 24.6 Å². The summed E-state index contributed by atoms with van der Waals surface area (Å²) < 4.78 is 5.42. The van der Waals surface area contributed by atoms with Crippen molar-refractivity contribution >= 4 is 23.4 Å². The van der Waals surface area contributed by atoms with Gasteiger partial charge in [-0.2, -0.15) is 0 Å². The normalized spacial score (nSPS) is 20.5. The lowest BCUT2D eigenvalue weighted by Crippen LogP contribution is -2.50.